The van der Waals surface area contributed by atoms with Gasteiger partial charge in [0.25, 0.3) is 5.91 Å². The summed E-state index contributed by atoms with van der Waals surface area (Å²) in [6.07, 6.45) is 5.93. The third kappa shape index (κ3) is 3.47. The first-order valence-corrected chi connectivity index (χ1v) is 9.69. The van der Waals surface area contributed by atoms with Gasteiger partial charge in [0, 0.05) is 37.1 Å². The first kappa shape index (κ1) is 17.8. The van der Waals surface area contributed by atoms with E-state index >= 15 is 0 Å². The molecule has 2 saturated heterocycles. The lowest BCUT2D eigenvalue weighted by Gasteiger charge is -2.40. The number of hydrogen-bond acceptors (Lipinski definition) is 7. The molecular weight excluding hydrogens is 370 g/mol. The molecule has 1 atom stereocenters. The maximum Gasteiger partial charge on any atom is 0.292 e. The predicted molar refractivity (Wildman–Crippen MR) is 105 cm³/mol. The number of ether oxygens (including phenoxy) is 1. The molecule has 2 aliphatic heterocycles. The molecule has 0 saturated carbocycles. The molecule has 0 bridgehead atoms. The van der Waals surface area contributed by atoms with Crippen LogP contribution in [0, 0.1) is 0 Å². The van der Waals surface area contributed by atoms with Gasteiger partial charge in [-0.05, 0) is 6.42 Å². The van der Waals surface area contributed by atoms with Gasteiger partial charge in [-0.25, -0.2) is 4.98 Å². The van der Waals surface area contributed by atoms with Gasteiger partial charge in [-0.1, -0.05) is 35.5 Å². The van der Waals surface area contributed by atoms with Crippen molar-refractivity contribution < 1.29 is 14.1 Å². The molecular formula is C21H21N5O3. The zero-order chi connectivity index (χ0) is 19.7. The van der Waals surface area contributed by atoms with Crippen molar-refractivity contribution >= 4 is 11.7 Å². The molecule has 3 aromatic rings. The van der Waals surface area contributed by atoms with Gasteiger partial charge in [-0.2, -0.15) is 0 Å². The van der Waals surface area contributed by atoms with Gasteiger partial charge >= 0.3 is 0 Å². The lowest BCUT2D eigenvalue weighted by molar-refractivity contribution is -0.0862. The van der Waals surface area contributed by atoms with Crippen molar-refractivity contribution in [2.24, 2.45) is 0 Å². The lowest BCUT2D eigenvalue weighted by atomic mass is 10.0. The third-order valence-electron chi connectivity index (χ3n) is 5.52. The van der Waals surface area contributed by atoms with Gasteiger partial charge in [0.05, 0.1) is 25.9 Å². The van der Waals surface area contributed by atoms with Crippen LogP contribution in [0.5, 0.6) is 0 Å². The molecule has 1 unspecified atom stereocenters. The van der Waals surface area contributed by atoms with Gasteiger partial charge < -0.3 is 19.1 Å². The van der Waals surface area contributed by atoms with E-state index in [2.05, 4.69) is 20.0 Å². The van der Waals surface area contributed by atoms with Gasteiger partial charge in [-0.15, -0.1) is 0 Å². The van der Waals surface area contributed by atoms with E-state index in [9.17, 15) is 4.79 Å². The number of rotatable bonds is 3. The topological polar surface area (TPSA) is 84.6 Å². The number of anilines is 1. The maximum absolute atomic E-state index is 13.0. The SMILES string of the molecule is O=C(c1cc(-c2ccccc2)no1)N1CCOC2(CCN(c3cnccn3)C2)C1. The van der Waals surface area contributed by atoms with E-state index in [1.165, 1.54) is 0 Å². The molecule has 2 aromatic heterocycles. The summed E-state index contributed by atoms with van der Waals surface area (Å²) in [5.74, 6) is 0.934. The molecule has 148 valence electrons. The average molecular weight is 391 g/mol. The molecule has 0 aliphatic carbocycles. The Morgan fingerprint density at radius 1 is 1.10 bits per heavy atom. The zero-order valence-electron chi connectivity index (χ0n) is 15.9. The van der Waals surface area contributed by atoms with Crippen LogP contribution in [0.25, 0.3) is 11.3 Å². The van der Waals surface area contributed by atoms with E-state index in [1.807, 2.05) is 30.3 Å². The Morgan fingerprint density at radius 2 is 2.00 bits per heavy atom. The average Bonchev–Trinajstić information content (AvgIpc) is 3.43. The number of aromatic nitrogens is 3. The van der Waals surface area contributed by atoms with Crippen LogP contribution in [0.15, 0.2) is 59.5 Å². The van der Waals surface area contributed by atoms with Gasteiger partial charge in [0.2, 0.25) is 5.76 Å². The Hall–Kier alpha value is -3.26. The van der Waals surface area contributed by atoms with E-state index < -0.39 is 5.60 Å². The van der Waals surface area contributed by atoms with Crippen LogP contribution in [0.2, 0.25) is 0 Å². The normalized spacial score (nSPS) is 21.7. The number of nitrogens with zero attached hydrogens (tertiary/aromatic N) is 5. The monoisotopic (exact) mass is 391 g/mol. The largest absolute Gasteiger partial charge is 0.369 e. The highest BCUT2D eigenvalue weighted by Crippen LogP contribution is 2.32. The second kappa shape index (κ2) is 7.29. The van der Waals surface area contributed by atoms with Crippen LogP contribution >= 0.6 is 0 Å². The fraction of sp³-hybridized carbons (Fsp3) is 0.333. The standard InChI is InChI=1S/C21H21N5O3/c27-20(18-12-17(24-29-18)16-4-2-1-3-5-16)26-10-11-28-21(15-26)6-9-25(14-21)19-13-22-7-8-23-19/h1-5,7-8,12-13H,6,9-11,14-15H2. The molecule has 0 N–H and O–H groups in total. The van der Waals surface area contributed by atoms with Crippen LogP contribution < -0.4 is 4.90 Å². The number of carbonyl (C=O) groups is 1. The molecule has 1 amide bonds. The minimum Gasteiger partial charge on any atom is -0.369 e. The van der Waals surface area contributed by atoms with Crippen molar-refractivity contribution in [2.75, 3.05) is 37.7 Å². The Balaban J connectivity index is 1.30. The molecule has 5 rings (SSSR count). The Bertz CT molecular complexity index is 994. The molecule has 0 radical (unpaired) electrons. The number of hydrogen-bond donors (Lipinski definition) is 0. The molecule has 1 aromatic carbocycles. The van der Waals surface area contributed by atoms with E-state index in [0.717, 1.165) is 24.3 Å². The summed E-state index contributed by atoms with van der Waals surface area (Å²) in [6.45, 7) is 3.05. The smallest absolute Gasteiger partial charge is 0.292 e. The minimum atomic E-state index is -0.395. The number of benzene rings is 1. The summed E-state index contributed by atoms with van der Waals surface area (Å²) in [5, 5.41) is 4.07. The lowest BCUT2D eigenvalue weighted by Crippen LogP contribution is -2.55. The number of carbonyl (C=O) groups excluding carboxylic acids is 1. The Morgan fingerprint density at radius 3 is 2.83 bits per heavy atom. The second-order valence-corrected chi connectivity index (χ2v) is 7.44. The summed E-state index contributed by atoms with van der Waals surface area (Å²) in [7, 11) is 0. The zero-order valence-corrected chi connectivity index (χ0v) is 15.9. The van der Waals surface area contributed by atoms with Crippen LogP contribution in [0.3, 0.4) is 0 Å². The Kier molecular flexibility index (Phi) is 4.48. The van der Waals surface area contributed by atoms with Crippen LogP contribution in [0.1, 0.15) is 17.0 Å². The molecule has 1 spiro atoms. The summed E-state index contributed by atoms with van der Waals surface area (Å²) in [6, 6.07) is 11.4. The van der Waals surface area contributed by atoms with Crippen molar-refractivity contribution in [3.8, 4) is 11.3 Å². The fourth-order valence-corrected chi connectivity index (χ4v) is 4.04. The molecule has 4 heterocycles. The van der Waals surface area contributed by atoms with Crippen molar-refractivity contribution in [1.82, 2.24) is 20.0 Å². The van der Waals surface area contributed by atoms with Crippen LogP contribution in [-0.4, -0.2) is 64.3 Å². The fourth-order valence-electron chi connectivity index (χ4n) is 4.04. The van der Waals surface area contributed by atoms with E-state index in [-0.39, 0.29) is 11.7 Å². The van der Waals surface area contributed by atoms with Crippen LogP contribution in [-0.2, 0) is 4.74 Å². The van der Waals surface area contributed by atoms with E-state index in [0.29, 0.717) is 31.9 Å². The van der Waals surface area contributed by atoms with E-state index in [4.69, 9.17) is 9.26 Å². The molecule has 8 nitrogen and oxygen atoms in total. The number of morpholine rings is 1. The minimum absolute atomic E-state index is 0.152. The maximum atomic E-state index is 13.0. The van der Waals surface area contributed by atoms with E-state index in [1.54, 1.807) is 29.6 Å². The predicted octanol–water partition coefficient (Wildman–Crippen LogP) is 2.25. The quantitative estimate of drug-likeness (QED) is 0.677. The summed E-state index contributed by atoms with van der Waals surface area (Å²) < 4.78 is 11.5. The van der Waals surface area contributed by atoms with Crippen molar-refractivity contribution in [3.63, 3.8) is 0 Å². The highest BCUT2D eigenvalue weighted by Gasteiger charge is 2.44. The highest BCUT2D eigenvalue weighted by atomic mass is 16.5. The van der Waals surface area contributed by atoms with Gasteiger partial charge in [0.1, 0.15) is 17.1 Å². The molecule has 8 heteroatoms. The summed E-state index contributed by atoms with van der Waals surface area (Å²) in [4.78, 5) is 25.5. The number of amides is 1. The first-order chi connectivity index (χ1) is 14.2. The van der Waals surface area contributed by atoms with Crippen molar-refractivity contribution in [2.45, 2.75) is 12.0 Å². The summed E-state index contributed by atoms with van der Waals surface area (Å²) >= 11 is 0. The second-order valence-electron chi connectivity index (χ2n) is 7.44. The van der Waals surface area contributed by atoms with Gasteiger partial charge in [-0.3, -0.25) is 9.78 Å². The highest BCUT2D eigenvalue weighted by molar-refractivity contribution is 5.92. The van der Waals surface area contributed by atoms with Crippen molar-refractivity contribution in [3.05, 3.63) is 60.7 Å². The third-order valence-corrected chi connectivity index (χ3v) is 5.52. The Labute approximate surface area is 168 Å². The van der Waals surface area contributed by atoms with Gasteiger partial charge in [0.15, 0.2) is 0 Å². The first-order valence-electron chi connectivity index (χ1n) is 9.69. The molecule has 2 aliphatic rings. The summed E-state index contributed by atoms with van der Waals surface area (Å²) in [5.41, 5.74) is 1.18. The molecule has 2 fully saturated rings. The molecule has 29 heavy (non-hydrogen) atoms. The van der Waals surface area contributed by atoms with Crippen molar-refractivity contribution in [1.29, 1.82) is 0 Å². The van der Waals surface area contributed by atoms with Crippen LogP contribution in [0.4, 0.5) is 5.82 Å².